The summed E-state index contributed by atoms with van der Waals surface area (Å²) in [7, 11) is 3.26. The zero-order valence-electron chi connectivity index (χ0n) is 15.9. The van der Waals surface area contributed by atoms with E-state index in [2.05, 4.69) is 11.5 Å². The normalized spacial score (nSPS) is 18.1. The maximum absolute atomic E-state index is 10.3. The molecule has 0 aromatic heterocycles. The van der Waals surface area contributed by atoms with Crippen LogP contribution < -0.4 is 9.47 Å². The lowest BCUT2D eigenvalue weighted by molar-refractivity contribution is 0.00855. The number of methoxy groups -OCH3 is 2. The van der Waals surface area contributed by atoms with E-state index in [1.165, 1.54) is 0 Å². The van der Waals surface area contributed by atoms with Gasteiger partial charge >= 0.3 is 0 Å². The van der Waals surface area contributed by atoms with Crippen LogP contribution in [0.2, 0.25) is 0 Å². The van der Waals surface area contributed by atoms with Crippen molar-refractivity contribution in [1.82, 2.24) is 4.90 Å². The number of hydrogen-bond donors (Lipinski definition) is 1. The van der Waals surface area contributed by atoms with Crippen LogP contribution in [-0.2, 0) is 16.0 Å². The minimum Gasteiger partial charge on any atom is -0.493 e. The standard InChI is InChI=1S/C20H31NO5/c1-4-9-25-15-17(22)13-21(14-18-6-5-10-26-18)12-16-7-8-19(23-2)20(11-16)24-3/h4,7-8,11,17-18,22H,1,5-6,9-10,12-15H2,2-3H3. The summed E-state index contributed by atoms with van der Waals surface area (Å²) in [4.78, 5) is 2.21. The van der Waals surface area contributed by atoms with Gasteiger partial charge in [-0.15, -0.1) is 6.58 Å². The van der Waals surface area contributed by atoms with Gasteiger partial charge in [0.2, 0.25) is 0 Å². The first-order valence-electron chi connectivity index (χ1n) is 9.07. The molecule has 1 aliphatic heterocycles. The number of hydrogen-bond acceptors (Lipinski definition) is 6. The first-order chi connectivity index (χ1) is 12.7. The van der Waals surface area contributed by atoms with Gasteiger partial charge in [-0.1, -0.05) is 12.1 Å². The summed E-state index contributed by atoms with van der Waals surface area (Å²) in [5, 5.41) is 10.3. The highest BCUT2D eigenvalue weighted by molar-refractivity contribution is 5.42. The van der Waals surface area contributed by atoms with Gasteiger partial charge in [0.1, 0.15) is 0 Å². The molecule has 26 heavy (non-hydrogen) atoms. The monoisotopic (exact) mass is 365 g/mol. The third kappa shape index (κ3) is 6.61. The van der Waals surface area contributed by atoms with Crippen molar-refractivity contribution in [3.05, 3.63) is 36.4 Å². The van der Waals surface area contributed by atoms with E-state index in [1.54, 1.807) is 20.3 Å². The molecule has 2 rings (SSSR count). The lowest BCUT2D eigenvalue weighted by Gasteiger charge is -2.27. The van der Waals surface area contributed by atoms with Crippen molar-refractivity contribution >= 4 is 0 Å². The summed E-state index contributed by atoms with van der Waals surface area (Å²) in [6, 6.07) is 5.90. The van der Waals surface area contributed by atoms with Gasteiger partial charge in [-0.05, 0) is 30.5 Å². The van der Waals surface area contributed by atoms with Crippen molar-refractivity contribution in [2.24, 2.45) is 0 Å². The van der Waals surface area contributed by atoms with Crippen LogP contribution in [0.5, 0.6) is 11.5 Å². The molecule has 1 aromatic rings. The molecule has 0 saturated carbocycles. The number of benzene rings is 1. The molecule has 0 aliphatic carbocycles. The lowest BCUT2D eigenvalue weighted by atomic mass is 10.1. The Morgan fingerprint density at radius 1 is 1.35 bits per heavy atom. The Morgan fingerprint density at radius 3 is 2.81 bits per heavy atom. The zero-order valence-corrected chi connectivity index (χ0v) is 15.9. The molecule has 0 radical (unpaired) electrons. The molecule has 1 aliphatic rings. The van der Waals surface area contributed by atoms with Crippen LogP contribution in [0.15, 0.2) is 30.9 Å². The highest BCUT2D eigenvalue weighted by Gasteiger charge is 2.21. The Labute approximate surface area is 156 Å². The minimum absolute atomic E-state index is 0.219. The first-order valence-corrected chi connectivity index (χ1v) is 9.07. The van der Waals surface area contributed by atoms with Crippen molar-refractivity contribution < 1.29 is 24.1 Å². The van der Waals surface area contributed by atoms with Crippen LogP contribution in [0.25, 0.3) is 0 Å². The first kappa shape index (κ1) is 20.7. The topological polar surface area (TPSA) is 60.4 Å². The van der Waals surface area contributed by atoms with Crippen LogP contribution in [-0.4, -0.2) is 69.3 Å². The Kier molecular flexibility index (Phi) is 8.91. The maximum atomic E-state index is 10.3. The quantitative estimate of drug-likeness (QED) is 0.453. The summed E-state index contributed by atoms with van der Waals surface area (Å²) in [6.45, 7) is 7.17. The van der Waals surface area contributed by atoms with Crippen LogP contribution in [0.4, 0.5) is 0 Å². The van der Waals surface area contributed by atoms with E-state index in [1.807, 2.05) is 18.2 Å². The molecule has 6 heteroatoms. The summed E-state index contributed by atoms with van der Waals surface area (Å²) >= 11 is 0. The molecule has 1 fully saturated rings. The van der Waals surface area contributed by atoms with Gasteiger partial charge < -0.3 is 24.1 Å². The third-order valence-corrected chi connectivity index (χ3v) is 4.35. The zero-order chi connectivity index (χ0) is 18.8. The summed E-state index contributed by atoms with van der Waals surface area (Å²) in [6.07, 6.45) is 3.50. The van der Waals surface area contributed by atoms with E-state index in [0.29, 0.717) is 37.8 Å². The van der Waals surface area contributed by atoms with Gasteiger partial charge in [-0.2, -0.15) is 0 Å². The van der Waals surface area contributed by atoms with Crippen LogP contribution >= 0.6 is 0 Å². The minimum atomic E-state index is -0.559. The van der Waals surface area contributed by atoms with Gasteiger partial charge in [-0.3, -0.25) is 4.90 Å². The van der Waals surface area contributed by atoms with E-state index in [0.717, 1.165) is 31.6 Å². The number of aliphatic hydroxyl groups excluding tert-OH is 1. The van der Waals surface area contributed by atoms with Gasteiger partial charge in [0.25, 0.3) is 0 Å². The SMILES string of the molecule is C=CCOCC(O)CN(Cc1ccc(OC)c(OC)c1)CC1CCCO1. The van der Waals surface area contributed by atoms with Gasteiger partial charge in [-0.25, -0.2) is 0 Å². The lowest BCUT2D eigenvalue weighted by Crippen LogP contribution is -2.39. The highest BCUT2D eigenvalue weighted by Crippen LogP contribution is 2.28. The van der Waals surface area contributed by atoms with Gasteiger partial charge in [0.05, 0.1) is 39.6 Å². The molecule has 0 bridgehead atoms. The second-order valence-corrected chi connectivity index (χ2v) is 6.50. The smallest absolute Gasteiger partial charge is 0.161 e. The predicted molar refractivity (Wildman–Crippen MR) is 101 cm³/mol. The fraction of sp³-hybridized carbons (Fsp3) is 0.600. The average molecular weight is 365 g/mol. The summed E-state index contributed by atoms with van der Waals surface area (Å²) < 4.78 is 21.8. The van der Waals surface area contributed by atoms with Crippen molar-refractivity contribution in [3.63, 3.8) is 0 Å². The molecule has 146 valence electrons. The summed E-state index contributed by atoms with van der Waals surface area (Å²) in [5.41, 5.74) is 1.10. The van der Waals surface area contributed by atoms with E-state index in [9.17, 15) is 5.11 Å². The van der Waals surface area contributed by atoms with Gasteiger partial charge in [0, 0.05) is 26.2 Å². The number of nitrogens with zero attached hydrogens (tertiary/aromatic N) is 1. The largest absolute Gasteiger partial charge is 0.493 e. The third-order valence-electron chi connectivity index (χ3n) is 4.35. The fourth-order valence-corrected chi connectivity index (χ4v) is 3.16. The Morgan fingerprint density at radius 2 is 2.15 bits per heavy atom. The molecule has 6 nitrogen and oxygen atoms in total. The highest BCUT2D eigenvalue weighted by atomic mass is 16.5. The van der Waals surface area contributed by atoms with Crippen molar-refractivity contribution in [2.75, 3.05) is 47.1 Å². The molecule has 1 heterocycles. The van der Waals surface area contributed by atoms with E-state index in [4.69, 9.17) is 18.9 Å². The molecule has 1 saturated heterocycles. The van der Waals surface area contributed by atoms with Crippen molar-refractivity contribution in [3.8, 4) is 11.5 Å². The molecule has 0 amide bonds. The molecular formula is C20H31NO5. The molecule has 1 aromatic carbocycles. The van der Waals surface area contributed by atoms with E-state index < -0.39 is 6.10 Å². The molecule has 2 atom stereocenters. The molecule has 0 spiro atoms. The molecule has 2 unspecified atom stereocenters. The van der Waals surface area contributed by atoms with Crippen LogP contribution in [0, 0.1) is 0 Å². The predicted octanol–water partition coefficient (Wildman–Crippen LogP) is 2.25. The second-order valence-electron chi connectivity index (χ2n) is 6.50. The second kappa shape index (κ2) is 11.2. The van der Waals surface area contributed by atoms with Gasteiger partial charge in [0.15, 0.2) is 11.5 Å². The average Bonchev–Trinajstić information content (AvgIpc) is 3.14. The van der Waals surface area contributed by atoms with Crippen LogP contribution in [0.3, 0.4) is 0 Å². The Hall–Kier alpha value is -1.60. The molecule has 1 N–H and O–H groups in total. The number of aliphatic hydroxyl groups is 1. The maximum Gasteiger partial charge on any atom is 0.161 e. The summed E-state index contributed by atoms with van der Waals surface area (Å²) in [5.74, 6) is 1.41. The van der Waals surface area contributed by atoms with E-state index >= 15 is 0 Å². The van der Waals surface area contributed by atoms with Crippen LogP contribution in [0.1, 0.15) is 18.4 Å². The fourth-order valence-electron chi connectivity index (χ4n) is 3.16. The van der Waals surface area contributed by atoms with E-state index in [-0.39, 0.29) is 6.10 Å². The Bertz CT molecular complexity index is 545. The van der Waals surface area contributed by atoms with Crippen molar-refractivity contribution in [2.45, 2.75) is 31.6 Å². The number of rotatable bonds is 12. The van der Waals surface area contributed by atoms with Crippen molar-refractivity contribution in [1.29, 1.82) is 0 Å². The number of ether oxygens (including phenoxy) is 4. The molecular weight excluding hydrogens is 334 g/mol. The Balaban J connectivity index is 2.01.